The normalized spacial score (nSPS) is 10.3. The predicted molar refractivity (Wildman–Crippen MR) is 87.2 cm³/mol. The summed E-state index contributed by atoms with van der Waals surface area (Å²) in [6, 6.07) is 9.46. The Morgan fingerprint density at radius 1 is 1.26 bits per heavy atom. The number of rotatable bonds is 7. The molecule has 0 atom stereocenters. The third-order valence-electron chi connectivity index (χ3n) is 3.21. The van der Waals surface area contributed by atoms with Gasteiger partial charge in [-0.15, -0.1) is 0 Å². The van der Waals surface area contributed by atoms with Crippen molar-refractivity contribution in [3.8, 4) is 0 Å². The Labute approximate surface area is 137 Å². The second-order valence-corrected chi connectivity index (χ2v) is 5.79. The summed E-state index contributed by atoms with van der Waals surface area (Å²) in [6.07, 6.45) is 0.0590. The fraction of sp³-hybridized carbons (Fsp3) is 0.312. The van der Waals surface area contributed by atoms with Gasteiger partial charge in [-0.05, 0) is 12.5 Å². The Hall–Kier alpha value is -2.41. The molecule has 0 bridgehead atoms. The minimum Gasteiger partial charge on any atom is -0.456 e. The van der Waals surface area contributed by atoms with Gasteiger partial charge in [-0.25, -0.2) is 0 Å². The molecule has 23 heavy (non-hydrogen) atoms. The molecule has 1 N–H and O–H groups in total. The molecular formula is C16H18N2O4S. The number of hydrogen-bond donors (Lipinski definition) is 1. The quantitative estimate of drug-likeness (QED) is 0.778. The van der Waals surface area contributed by atoms with Gasteiger partial charge in [0.25, 0.3) is 5.91 Å². The molecule has 0 unspecified atom stereocenters. The van der Waals surface area contributed by atoms with E-state index in [-0.39, 0.29) is 30.4 Å². The van der Waals surface area contributed by atoms with Crippen molar-refractivity contribution in [2.45, 2.75) is 26.4 Å². The van der Waals surface area contributed by atoms with Crippen molar-refractivity contribution in [1.82, 2.24) is 9.88 Å². The molecule has 1 aromatic heterocycles. The third-order valence-corrected chi connectivity index (χ3v) is 4.09. The summed E-state index contributed by atoms with van der Waals surface area (Å²) < 4.78 is 6.42. The van der Waals surface area contributed by atoms with Crippen LogP contribution >= 0.6 is 11.3 Å². The van der Waals surface area contributed by atoms with Crippen molar-refractivity contribution in [1.29, 1.82) is 0 Å². The van der Waals surface area contributed by atoms with E-state index in [9.17, 15) is 14.4 Å². The summed E-state index contributed by atoms with van der Waals surface area (Å²) in [7, 11) is 0. The van der Waals surface area contributed by atoms with Gasteiger partial charge in [-0.2, -0.15) is 0 Å². The molecule has 1 amide bonds. The zero-order valence-corrected chi connectivity index (χ0v) is 13.6. The molecule has 1 aromatic carbocycles. The van der Waals surface area contributed by atoms with Crippen LogP contribution in [0.25, 0.3) is 0 Å². The van der Waals surface area contributed by atoms with Crippen LogP contribution in [0.15, 0.2) is 40.5 Å². The Bertz CT molecular complexity index is 721. The number of thiazole rings is 1. The van der Waals surface area contributed by atoms with Gasteiger partial charge < -0.3 is 14.6 Å². The summed E-state index contributed by atoms with van der Waals surface area (Å²) in [5.41, 5.74) is 1.79. The number of aromatic nitrogens is 1. The van der Waals surface area contributed by atoms with Crippen molar-refractivity contribution in [2.24, 2.45) is 0 Å². The minimum atomic E-state index is -0.502. The van der Waals surface area contributed by atoms with Crippen LogP contribution in [0.3, 0.4) is 0 Å². The summed E-state index contributed by atoms with van der Waals surface area (Å²) in [5, 5.41) is 4.41. The Balaban J connectivity index is 1.68. The highest BCUT2D eigenvalue weighted by atomic mass is 32.1. The summed E-state index contributed by atoms with van der Waals surface area (Å²) in [5.74, 6) is -0.858. The van der Waals surface area contributed by atoms with Gasteiger partial charge in [0.05, 0.1) is 6.42 Å². The average Bonchev–Trinajstić information content (AvgIpc) is 2.88. The lowest BCUT2D eigenvalue weighted by Gasteiger charge is -2.07. The minimum absolute atomic E-state index is 0.0590. The van der Waals surface area contributed by atoms with E-state index >= 15 is 0 Å². The van der Waals surface area contributed by atoms with E-state index in [4.69, 9.17) is 4.74 Å². The van der Waals surface area contributed by atoms with Crippen LogP contribution in [-0.4, -0.2) is 23.1 Å². The van der Waals surface area contributed by atoms with Gasteiger partial charge in [0.2, 0.25) is 0 Å². The number of hydrogen-bond acceptors (Lipinski definition) is 5. The number of nitrogens with one attached hydrogen (secondary N) is 1. The van der Waals surface area contributed by atoms with Crippen molar-refractivity contribution >= 4 is 23.2 Å². The maximum Gasteiger partial charge on any atom is 0.308 e. The molecule has 0 fully saturated rings. The van der Waals surface area contributed by atoms with Gasteiger partial charge in [0.15, 0.2) is 6.61 Å². The van der Waals surface area contributed by atoms with Crippen molar-refractivity contribution in [2.75, 3.05) is 6.61 Å². The monoisotopic (exact) mass is 334 g/mol. The van der Waals surface area contributed by atoms with Crippen molar-refractivity contribution in [3.05, 3.63) is 56.6 Å². The second kappa shape index (κ2) is 8.28. The van der Waals surface area contributed by atoms with E-state index in [1.807, 2.05) is 30.3 Å². The molecule has 0 aliphatic rings. The van der Waals surface area contributed by atoms with E-state index in [1.165, 1.54) is 4.57 Å². The molecule has 122 valence electrons. The highest BCUT2D eigenvalue weighted by Crippen LogP contribution is 2.01. The standard InChI is InChI=1S/C16H18N2O4S/c1-12-11-23-16(21)18(12)8-7-15(20)22-10-14(19)17-9-13-5-3-2-4-6-13/h2-6,11H,7-10H2,1H3,(H,17,19). The smallest absolute Gasteiger partial charge is 0.308 e. The van der Waals surface area contributed by atoms with Crippen molar-refractivity contribution < 1.29 is 14.3 Å². The molecule has 1 heterocycles. The molecule has 2 rings (SSSR count). The van der Waals surface area contributed by atoms with Crippen LogP contribution in [0.1, 0.15) is 17.7 Å². The van der Waals surface area contributed by atoms with Gasteiger partial charge >= 0.3 is 10.8 Å². The van der Waals surface area contributed by atoms with Crippen LogP contribution in [-0.2, 0) is 27.4 Å². The maximum absolute atomic E-state index is 11.6. The van der Waals surface area contributed by atoms with E-state index in [0.29, 0.717) is 6.54 Å². The molecule has 0 radical (unpaired) electrons. The molecule has 2 aromatic rings. The molecule has 0 aliphatic carbocycles. The largest absolute Gasteiger partial charge is 0.456 e. The van der Waals surface area contributed by atoms with Crippen LogP contribution in [0.5, 0.6) is 0 Å². The highest BCUT2D eigenvalue weighted by Gasteiger charge is 2.09. The Kier molecular flexibility index (Phi) is 6.10. The SMILES string of the molecule is Cc1csc(=O)n1CCC(=O)OCC(=O)NCc1ccccc1. The summed E-state index contributed by atoms with van der Waals surface area (Å²) in [6.45, 7) is 2.14. The summed E-state index contributed by atoms with van der Waals surface area (Å²) in [4.78, 5) is 34.6. The lowest BCUT2D eigenvalue weighted by Crippen LogP contribution is -2.28. The van der Waals surface area contributed by atoms with Crippen LogP contribution in [0, 0.1) is 6.92 Å². The van der Waals surface area contributed by atoms with Gasteiger partial charge in [-0.3, -0.25) is 14.4 Å². The number of aryl methyl sites for hydroxylation is 1. The van der Waals surface area contributed by atoms with Crippen molar-refractivity contribution in [3.63, 3.8) is 0 Å². The lowest BCUT2D eigenvalue weighted by molar-refractivity contribution is -0.148. The predicted octanol–water partition coefficient (Wildman–Crippen LogP) is 1.47. The lowest BCUT2D eigenvalue weighted by atomic mass is 10.2. The molecule has 0 spiro atoms. The van der Waals surface area contributed by atoms with Gasteiger partial charge in [0, 0.05) is 24.2 Å². The zero-order chi connectivity index (χ0) is 16.7. The number of carbonyl (C=O) groups is 2. The first-order valence-electron chi connectivity index (χ1n) is 7.17. The number of amides is 1. The molecule has 0 saturated heterocycles. The molecule has 0 aliphatic heterocycles. The summed E-state index contributed by atoms with van der Waals surface area (Å²) >= 11 is 1.10. The highest BCUT2D eigenvalue weighted by molar-refractivity contribution is 7.07. The third kappa shape index (κ3) is 5.37. The molecule has 6 nitrogen and oxygen atoms in total. The van der Waals surface area contributed by atoms with Gasteiger partial charge in [0.1, 0.15) is 0 Å². The first-order chi connectivity index (χ1) is 11.1. The van der Waals surface area contributed by atoms with E-state index < -0.39 is 5.97 Å². The fourth-order valence-electron chi connectivity index (χ4n) is 1.94. The zero-order valence-electron chi connectivity index (χ0n) is 12.8. The number of benzene rings is 1. The topological polar surface area (TPSA) is 77.4 Å². The number of nitrogens with zero attached hydrogens (tertiary/aromatic N) is 1. The Morgan fingerprint density at radius 2 is 2.00 bits per heavy atom. The number of ether oxygens (including phenoxy) is 1. The van der Waals surface area contributed by atoms with E-state index in [1.54, 1.807) is 12.3 Å². The van der Waals surface area contributed by atoms with Crippen LogP contribution in [0.4, 0.5) is 0 Å². The van der Waals surface area contributed by atoms with E-state index in [0.717, 1.165) is 22.6 Å². The number of esters is 1. The molecular weight excluding hydrogens is 316 g/mol. The first-order valence-corrected chi connectivity index (χ1v) is 8.05. The maximum atomic E-state index is 11.6. The Morgan fingerprint density at radius 3 is 2.65 bits per heavy atom. The van der Waals surface area contributed by atoms with Crippen LogP contribution in [0.2, 0.25) is 0 Å². The van der Waals surface area contributed by atoms with Gasteiger partial charge in [-0.1, -0.05) is 41.7 Å². The molecule has 0 saturated carbocycles. The average molecular weight is 334 g/mol. The van der Waals surface area contributed by atoms with Crippen LogP contribution < -0.4 is 10.2 Å². The second-order valence-electron chi connectivity index (χ2n) is 4.97. The first kappa shape index (κ1) is 17.0. The van der Waals surface area contributed by atoms with E-state index in [2.05, 4.69) is 5.32 Å². The fourth-order valence-corrected chi connectivity index (χ4v) is 2.70. The molecule has 7 heteroatoms. The number of carbonyl (C=O) groups excluding carboxylic acids is 2.